The van der Waals surface area contributed by atoms with Crippen LogP contribution in [-0.4, -0.2) is 43.7 Å². The predicted molar refractivity (Wildman–Crippen MR) is 89.0 cm³/mol. The Morgan fingerprint density at radius 1 is 1.26 bits per heavy atom. The Bertz CT molecular complexity index is 685. The van der Waals surface area contributed by atoms with Crippen LogP contribution in [0.5, 0.6) is 5.75 Å². The van der Waals surface area contributed by atoms with Gasteiger partial charge < -0.3 is 10.1 Å². The SMILES string of the molecule is O=S1(=O)CCCN1CCN[C@H]1CC2(CCC2)Oc2ccccc21. The van der Waals surface area contributed by atoms with Crippen LogP contribution in [0.15, 0.2) is 24.3 Å². The average molecular weight is 336 g/mol. The molecule has 1 saturated heterocycles. The van der Waals surface area contributed by atoms with Crippen LogP contribution in [0.4, 0.5) is 0 Å². The Labute approximate surface area is 138 Å². The van der Waals surface area contributed by atoms with Crippen LogP contribution in [0.25, 0.3) is 0 Å². The fraction of sp³-hybridized carbons (Fsp3) is 0.647. The second kappa shape index (κ2) is 5.76. The molecule has 1 aliphatic carbocycles. The summed E-state index contributed by atoms with van der Waals surface area (Å²) in [7, 11) is -3.00. The first-order valence-corrected chi connectivity index (χ1v) is 10.2. The fourth-order valence-electron chi connectivity index (χ4n) is 3.98. The lowest BCUT2D eigenvalue weighted by molar-refractivity contribution is -0.0369. The molecule has 2 fully saturated rings. The molecule has 3 aliphatic rings. The first kappa shape index (κ1) is 15.4. The summed E-state index contributed by atoms with van der Waals surface area (Å²) in [6.45, 7) is 1.92. The lowest BCUT2D eigenvalue weighted by Gasteiger charge is -2.48. The van der Waals surface area contributed by atoms with Gasteiger partial charge in [0.25, 0.3) is 0 Å². The Morgan fingerprint density at radius 2 is 2.09 bits per heavy atom. The lowest BCUT2D eigenvalue weighted by Crippen LogP contribution is -2.49. The third-order valence-corrected chi connectivity index (χ3v) is 7.37. The van der Waals surface area contributed by atoms with Gasteiger partial charge in [0.2, 0.25) is 10.0 Å². The minimum absolute atomic E-state index is 0.00570. The molecule has 1 aromatic carbocycles. The first-order chi connectivity index (χ1) is 11.1. The van der Waals surface area contributed by atoms with Crippen molar-refractivity contribution in [2.45, 2.75) is 43.7 Å². The van der Waals surface area contributed by atoms with E-state index < -0.39 is 10.0 Å². The van der Waals surface area contributed by atoms with Gasteiger partial charge in [0.05, 0.1) is 5.75 Å². The molecular formula is C17H24N2O3S. The molecule has 1 atom stereocenters. The molecular weight excluding hydrogens is 312 g/mol. The van der Waals surface area contributed by atoms with E-state index in [-0.39, 0.29) is 11.6 Å². The topological polar surface area (TPSA) is 58.6 Å². The van der Waals surface area contributed by atoms with Gasteiger partial charge >= 0.3 is 0 Å². The molecule has 2 aliphatic heterocycles. The molecule has 0 unspecified atom stereocenters. The number of benzene rings is 1. The molecule has 0 aromatic heterocycles. The minimum atomic E-state index is -3.00. The summed E-state index contributed by atoms with van der Waals surface area (Å²) >= 11 is 0. The predicted octanol–water partition coefficient (Wildman–Crippen LogP) is 2.06. The van der Waals surface area contributed by atoms with Gasteiger partial charge in [-0.25, -0.2) is 12.7 Å². The molecule has 23 heavy (non-hydrogen) atoms. The van der Waals surface area contributed by atoms with Crippen molar-refractivity contribution >= 4 is 10.0 Å². The van der Waals surface area contributed by atoms with Crippen LogP contribution >= 0.6 is 0 Å². The van der Waals surface area contributed by atoms with Crippen LogP contribution in [0.3, 0.4) is 0 Å². The molecule has 5 nitrogen and oxygen atoms in total. The number of ether oxygens (including phenoxy) is 1. The van der Waals surface area contributed by atoms with Crippen molar-refractivity contribution in [3.05, 3.63) is 29.8 Å². The van der Waals surface area contributed by atoms with Crippen LogP contribution in [-0.2, 0) is 10.0 Å². The number of para-hydroxylation sites is 1. The van der Waals surface area contributed by atoms with E-state index in [0.29, 0.717) is 25.4 Å². The van der Waals surface area contributed by atoms with Crippen LogP contribution in [0, 0.1) is 0 Å². The molecule has 2 heterocycles. The summed E-state index contributed by atoms with van der Waals surface area (Å²) in [6, 6.07) is 8.48. The van der Waals surface area contributed by atoms with Crippen molar-refractivity contribution in [2.75, 3.05) is 25.4 Å². The zero-order valence-corrected chi connectivity index (χ0v) is 14.1. The van der Waals surface area contributed by atoms with Crippen LogP contribution in [0.2, 0.25) is 0 Å². The van der Waals surface area contributed by atoms with Gasteiger partial charge in [0, 0.05) is 37.7 Å². The highest BCUT2D eigenvalue weighted by atomic mass is 32.2. The van der Waals surface area contributed by atoms with Gasteiger partial charge in [-0.15, -0.1) is 0 Å². The van der Waals surface area contributed by atoms with Gasteiger partial charge in [-0.3, -0.25) is 0 Å². The zero-order chi connectivity index (χ0) is 15.9. The van der Waals surface area contributed by atoms with Gasteiger partial charge in [-0.2, -0.15) is 0 Å². The van der Waals surface area contributed by atoms with Crippen molar-refractivity contribution in [1.29, 1.82) is 0 Å². The van der Waals surface area contributed by atoms with E-state index in [1.807, 2.05) is 18.2 Å². The van der Waals surface area contributed by atoms with Crippen molar-refractivity contribution < 1.29 is 13.2 Å². The Kier molecular flexibility index (Phi) is 3.86. The standard InChI is InChI=1S/C17H24N2O3S/c20-23(21)12-4-10-19(23)11-9-18-15-13-17(7-3-8-17)22-16-6-2-1-5-14(15)16/h1-2,5-6,15,18H,3-4,7-13H2/t15-/m0/s1. The van der Waals surface area contributed by atoms with E-state index in [4.69, 9.17) is 4.74 Å². The molecule has 6 heteroatoms. The summed E-state index contributed by atoms with van der Waals surface area (Å²) in [5, 5.41) is 3.58. The number of hydrogen-bond donors (Lipinski definition) is 1. The lowest BCUT2D eigenvalue weighted by atomic mass is 9.73. The Balaban J connectivity index is 1.43. The highest BCUT2D eigenvalue weighted by molar-refractivity contribution is 7.89. The maximum absolute atomic E-state index is 11.9. The number of nitrogens with one attached hydrogen (secondary N) is 1. The number of rotatable bonds is 4. The number of nitrogens with zero attached hydrogens (tertiary/aromatic N) is 1. The van der Waals surface area contributed by atoms with Gasteiger partial charge in [0.1, 0.15) is 11.4 Å². The second-order valence-corrected chi connectivity index (χ2v) is 9.04. The summed E-state index contributed by atoms with van der Waals surface area (Å²) in [5.74, 6) is 1.29. The van der Waals surface area contributed by atoms with Gasteiger partial charge in [0.15, 0.2) is 0 Å². The van der Waals surface area contributed by atoms with Gasteiger partial charge in [-0.05, 0) is 31.7 Å². The van der Waals surface area contributed by atoms with Crippen molar-refractivity contribution in [2.24, 2.45) is 0 Å². The maximum atomic E-state index is 11.9. The molecule has 1 aromatic rings. The van der Waals surface area contributed by atoms with Crippen LogP contribution < -0.4 is 10.1 Å². The smallest absolute Gasteiger partial charge is 0.214 e. The maximum Gasteiger partial charge on any atom is 0.214 e. The highest BCUT2D eigenvalue weighted by Gasteiger charge is 2.45. The largest absolute Gasteiger partial charge is 0.487 e. The molecule has 126 valence electrons. The van der Waals surface area contributed by atoms with E-state index in [1.165, 1.54) is 12.0 Å². The molecule has 0 radical (unpaired) electrons. The molecule has 4 rings (SSSR count). The quantitative estimate of drug-likeness (QED) is 0.914. The molecule has 1 spiro atoms. The monoisotopic (exact) mass is 336 g/mol. The summed E-state index contributed by atoms with van der Waals surface area (Å²) in [6.07, 6.45) is 5.23. The van der Waals surface area contributed by atoms with Gasteiger partial charge in [-0.1, -0.05) is 18.2 Å². The minimum Gasteiger partial charge on any atom is -0.487 e. The fourth-order valence-corrected chi connectivity index (χ4v) is 5.51. The summed E-state index contributed by atoms with van der Waals surface area (Å²) < 4.78 is 31.6. The second-order valence-electron chi connectivity index (χ2n) is 6.96. The summed E-state index contributed by atoms with van der Waals surface area (Å²) in [4.78, 5) is 0. The normalized spacial score (nSPS) is 28.1. The van der Waals surface area contributed by atoms with E-state index in [0.717, 1.165) is 31.4 Å². The molecule has 0 amide bonds. The Morgan fingerprint density at radius 3 is 2.78 bits per heavy atom. The molecule has 1 saturated carbocycles. The van der Waals surface area contributed by atoms with Crippen molar-refractivity contribution in [3.63, 3.8) is 0 Å². The number of hydrogen-bond acceptors (Lipinski definition) is 4. The van der Waals surface area contributed by atoms with Crippen molar-refractivity contribution in [1.82, 2.24) is 9.62 Å². The number of sulfonamides is 1. The zero-order valence-electron chi connectivity index (χ0n) is 13.3. The third-order valence-electron chi connectivity index (χ3n) is 5.42. The molecule has 1 N–H and O–H groups in total. The van der Waals surface area contributed by atoms with E-state index >= 15 is 0 Å². The summed E-state index contributed by atoms with van der Waals surface area (Å²) in [5.41, 5.74) is 1.21. The Hall–Kier alpha value is -1.11. The first-order valence-electron chi connectivity index (χ1n) is 8.57. The average Bonchev–Trinajstić information content (AvgIpc) is 2.84. The van der Waals surface area contributed by atoms with E-state index in [2.05, 4.69) is 11.4 Å². The highest BCUT2D eigenvalue weighted by Crippen LogP contribution is 2.48. The van der Waals surface area contributed by atoms with E-state index in [1.54, 1.807) is 4.31 Å². The molecule has 0 bridgehead atoms. The number of fused-ring (bicyclic) bond motifs is 1. The van der Waals surface area contributed by atoms with E-state index in [9.17, 15) is 8.42 Å². The third kappa shape index (κ3) is 2.88. The van der Waals surface area contributed by atoms with Crippen LogP contribution in [0.1, 0.15) is 43.7 Å². The van der Waals surface area contributed by atoms with Crippen molar-refractivity contribution in [3.8, 4) is 5.75 Å².